The zero-order valence-corrected chi connectivity index (χ0v) is 13.0. The molecule has 0 radical (unpaired) electrons. The average Bonchev–Trinajstić information content (AvgIpc) is 2.96. The summed E-state index contributed by atoms with van der Waals surface area (Å²) in [4.78, 5) is 13.3. The summed E-state index contributed by atoms with van der Waals surface area (Å²) in [7, 11) is 0. The number of pyridine rings is 1. The maximum absolute atomic E-state index is 5.88. The highest BCUT2D eigenvalue weighted by Crippen LogP contribution is 2.23. The van der Waals surface area contributed by atoms with Gasteiger partial charge >= 0.3 is 0 Å². The van der Waals surface area contributed by atoms with Crippen LogP contribution in [0.5, 0.6) is 5.75 Å². The third kappa shape index (κ3) is 4.33. The topological polar surface area (TPSA) is 41.1 Å². The Bertz CT molecular complexity index is 556. The molecular formula is C17H25N3O. The fourth-order valence-electron chi connectivity index (χ4n) is 2.53. The first-order valence-corrected chi connectivity index (χ1v) is 7.70. The van der Waals surface area contributed by atoms with Crippen molar-refractivity contribution >= 4 is 11.0 Å². The van der Waals surface area contributed by atoms with E-state index < -0.39 is 0 Å². The number of rotatable bonds is 3. The number of hydrogen-bond donors (Lipinski definition) is 1. The number of fused-ring (bicyclic) bond motifs is 1. The van der Waals surface area contributed by atoms with Gasteiger partial charge in [-0.15, -0.1) is 11.6 Å². The third-order valence-corrected chi connectivity index (χ3v) is 3.76. The standard InChI is InChI=1S/C14H19N3O.C3H6/c1-2-11-4-7-17(8-5-11)18-13-9-12-3-6-15-14(12)16-10-13;1-3-2/h3,6,9-11H,2,4-5,7-8H2,1H3,(H,15,16);3H,1H2,2H3. The van der Waals surface area contributed by atoms with E-state index in [1.165, 1.54) is 19.3 Å². The zero-order chi connectivity index (χ0) is 15.1. The molecule has 0 aromatic carbocycles. The largest absolute Gasteiger partial charge is 0.404 e. The second kappa shape index (κ2) is 7.84. The molecule has 3 rings (SSSR count). The van der Waals surface area contributed by atoms with Gasteiger partial charge in [-0.1, -0.05) is 19.4 Å². The summed E-state index contributed by atoms with van der Waals surface area (Å²) in [6.45, 7) is 9.55. The first kappa shape index (κ1) is 15.6. The van der Waals surface area contributed by atoms with Gasteiger partial charge < -0.3 is 9.82 Å². The Morgan fingerprint density at radius 3 is 2.86 bits per heavy atom. The smallest absolute Gasteiger partial charge is 0.166 e. The molecule has 0 atom stereocenters. The van der Waals surface area contributed by atoms with Crippen LogP contribution in [0.15, 0.2) is 37.2 Å². The Labute approximate surface area is 126 Å². The molecule has 1 aliphatic heterocycles. The molecule has 114 valence electrons. The molecule has 0 aliphatic carbocycles. The lowest BCUT2D eigenvalue weighted by Gasteiger charge is -2.30. The van der Waals surface area contributed by atoms with Gasteiger partial charge in [0.2, 0.25) is 0 Å². The summed E-state index contributed by atoms with van der Waals surface area (Å²) in [5.41, 5.74) is 0.909. The van der Waals surface area contributed by atoms with E-state index in [9.17, 15) is 0 Å². The highest BCUT2D eigenvalue weighted by Gasteiger charge is 2.19. The van der Waals surface area contributed by atoms with E-state index in [0.717, 1.165) is 35.8 Å². The van der Waals surface area contributed by atoms with Crippen LogP contribution in [-0.4, -0.2) is 28.1 Å². The number of piperidine rings is 1. The molecule has 2 aromatic heterocycles. The number of hydroxylamine groups is 2. The average molecular weight is 287 g/mol. The maximum Gasteiger partial charge on any atom is 0.166 e. The number of nitrogens with one attached hydrogen (secondary N) is 1. The lowest BCUT2D eigenvalue weighted by Crippen LogP contribution is -2.36. The molecule has 3 heterocycles. The maximum atomic E-state index is 5.88. The molecule has 1 aliphatic rings. The van der Waals surface area contributed by atoms with Crippen LogP contribution in [0.1, 0.15) is 33.1 Å². The van der Waals surface area contributed by atoms with Crippen LogP contribution < -0.4 is 4.84 Å². The van der Waals surface area contributed by atoms with Gasteiger partial charge in [-0.3, -0.25) is 0 Å². The first-order valence-electron chi connectivity index (χ1n) is 7.70. The van der Waals surface area contributed by atoms with Crippen molar-refractivity contribution in [2.24, 2.45) is 5.92 Å². The summed E-state index contributed by atoms with van der Waals surface area (Å²) in [5, 5.41) is 3.15. The molecule has 1 fully saturated rings. The van der Waals surface area contributed by atoms with Crippen LogP contribution in [0.25, 0.3) is 11.0 Å². The minimum atomic E-state index is 0.831. The van der Waals surface area contributed by atoms with E-state index in [1.54, 1.807) is 12.3 Å². The normalized spacial score (nSPS) is 16.3. The molecular weight excluding hydrogens is 262 g/mol. The van der Waals surface area contributed by atoms with Gasteiger partial charge in [0.1, 0.15) is 5.65 Å². The molecule has 1 N–H and O–H groups in total. The summed E-state index contributed by atoms with van der Waals surface area (Å²) in [6.07, 6.45) is 9.18. The van der Waals surface area contributed by atoms with Crippen molar-refractivity contribution in [3.63, 3.8) is 0 Å². The lowest BCUT2D eigenvalue weighted by atomic mass is 9.95. The van der Waals surface area contributed by atoms with Crippen LogP contribution in [0.4, 0.5) is 0 Å². The molecule has 4 heteroatoms. The molecule has 0 bridgehead atoms. The zero-order valence-electron chi connectivity index (χ0n) is 13.0. The number of H-pyrrole nitrogens is 1. The van der Waals surface area contributed by atoms with Crippen LogP contribution in [0, 0.1) is 5.92 Å². The SMILES string of the molecule is C=CC.CCC1CCN(Oc2cnc3[nH]ccc3c2)CC1. The van der Waals surface area contributed by atoms with Crippen LogP contribution >= 0.6 is 0 Å². The molecule has 0 amide bonds. The molecule has 0 spiro atoms. The molecule has 0 saturated carbocycles. The molecule has 2 aromatic rings. The third-order valence-electron chi connectivity index (χ3n) is 3.76. The number of nitrogens with zero attached hydrogens (tertiary/aromatic N) is 2. The summed E-state index contributed by atoms with van der Waals surface area (Å²) in [6, 6.07) is 4.04. The fourth-order valence-corrected chi connectivity index (χ4v) is 2.53. The van der Waals surface area contributed by atoms with E-state index in [-0.39, 0.29) is 0 Å². The van der Waals surface area contributed by atoms with Crippen LogP contribution in [0.2, 0.25) is 0 Å². The van der Waals surface area contributed by atoms with E-state index in [4.69, 9.17) is 4.84 Å². The van der Waals surface area contributed by atoms with Crippen molar-refractivity contribution in [1.29, 1.82) is 0 Å². The van der Waals surface area contributed by atoms with Crippen molar-refractivity contribution in [1.82, 2.24) is 15.0 Å². The van der Waals surface area contributed by atoms with E-state index in [2.05, 4.69) is 28.5 Å². The monoisotopic (exact) mass is 287 g/mol. The molecule has 0 unspecified atom stereocenters. The van der Waals surface area contributed by atoms with E-state index in [1.807, 2.05) is 25.3 Å². The predicted molar refractivity (Wildman–Crippen MR) is 87.2 cm³/mol. The quantitative estimate of drug-likeness (QED) is 0.861. The molecule has 4 nitrogen and oxygen atoms in total. The van der Waals surface area contributed by atoms with Crippen molar-refractivity contribution in [3.05, 3.63) is 37.2 Å². The Morgan fingerprint density at radius 1 is 1.48 bits per heavy atom. The van der Waals surface area contributed by atoms with Gasteiger partial charge in [0.05, 0.1) is 6.20 Å². The first-order chi connectivity index (χ1) is 10.3. The van der Waals surface area contributed by atoms with Crippen molar-refractivity contribution in [2.75, 3.05) is 13.1 Å². The Balaban J connectivity index is 0.000000497. The lowest BCUT2D eigenvalue weighted by molar-refractivity contribution is -0.0819. The highest BCUT2D eigenvalue weighted by molar-refractivity contribution is 5.76. The van der Waals surface area contributed by atoms with Crippen LogP contribution in [0.3, 0.4) is 0 Å². The van der Waals surface area contributed by atoms with Gasteiger partial charge in [0.25, 0.3) is 0 Å². The highest BCUT2D eigenvalue weighted by atomic mass is 16.7. The Kier molecular flexibility index (Phi) is 5.81. The minimum absolute atomic E-state index is 0.831. The van der Waals surface area contributed by atoms with Gasteiger partial charge in [0, 0.05) is 24.7 Å². The molecule has 21 heavy (non-hydrogen) atoms. The van der Waals surface area contributed by atoms with Gasteiger partial charge in [0.15, 0.2) is 5.75 Å². The van der Waals surface area contributed by atoms with Crippen LogP contribution in [-0.2, 0) is 0 Å². The number of aromatic amines is 1. The van der Waals surface area contributed by atoms with Gasteiger partial charge in [-0.25, -0.2) is 4.98 Å². The number of hydrogen-bond acceptors (Lipinski definition) is 3. The predicted octanol–water partition coefficient (Wildman–Crippen LogP) is 4.17. The number of aromatic nitrogens is 2. The summed E-state index contributed by atoms with van der Waals surface area (Å²) in [5.74, 6) is 1.70. The van der Waals surface area contributed by atoms with Crippen molar-refractivity contribution < 1.29 is 4.84 Å². The second-order valence-corrected chi connectivity index (χ2v) is 5.37. The summed E-state index contributed by atoms with van der Waals surface area (Å²) < 4.78 is 0. The summed E-state index contributed by atoms with van der Waals surface area (Å²) >= 11 is 0. The molecule has 1 saturated heterocycles. The van der Waals surface area contributed by atoms with Gasteiger partial charge in [-0.05, 0) is 37.8 Å². The van der Waals surface area contributed by atoms with Gasteiger partial charge in [-0.2, -0.15) is 0 Å². The van der Waals surface area contributed by atoms with E-state index in [0.29, 0.717) is 0 Å². The second-order valence-electron chi connectivity index (χ2n) is 5.37. The Morgan fingerprint density at radius 2 is 2.19 bits per heavy atom. The van der Waals surface area contributed by atoms with Crippen molar-refractivity contribution in [3.8, 4) is 5.75 Å². The minimum Gasteiger partial charge on any atom is -0.404 e. The number of allylic oxidation sites excluding steroid dienone is 1. The van der Waals surface area contributed by atoms with Crippen molar-refractivity contribution in [2.45, 2.75) is 33.1 Å². The Hall–Kier alpha value is -1.81. The fraction of sp³-hybridized carbons (Fsp3) is 0.471. The van der Waals surface area contributed by atoms with E-state index >= 15 is 0 Å².